The fraction of sp³-hybridized carbons (Fsp3) is 0.200. The first-order valence-corrected chi connectivity index (χ1v) is 8.75. The average molecular weight is 387 g/mol. The molecule has 1 amide bonds. The Labute approximate surface area is 162 Å². The van der Waals surface area contributed by atoms with Crippen LogP contribution in [0.15, 0.2) is 59.8 Å². The smallest absolute Gasteiger partial charge is 0.253 e. The van der Waals surface area contributed by atoms with Crippen LogP contribution >= 0.6 is 12.2 Å². The Morgan fingerprint density at radius 2 is 1.78 bits per heavy atom. The van der Waals surface area contributed by atoms with Crippen LogP contribution in [0.5, 0.6) is 0 Å². The normalized spacial score (nSPS) is 17.0. The van der Waals surface area contributed by atoms with Crippen LogP contribution in [-0.4, -0.2) is 30.0 Å². The van der Waals surface area contributed by atoms with Crippen LogP contribution in [0.1, 0.15) is 18.5 Å². The van der Waals surface area contributed by atoms with Crippen molar-refractivity contribution in [3.8, 4) is 0 Å². The Hall–Kier alpha value is -2.80. The standard InChI is InChI=1S/C20H19F2N3OS/c1-12-17(19(26)24(2)3)18(13-9-10-15(21)16(22)11-13)23-20(27)25(12)14-7-5-4-6-8-14/h4-11,18H,1-3H3,(H,23,27)/t18-/m0/s1. The van der Waals surface area contributed by atoms with Crippen molar-refractivity contribution in [1.29, 1.82) is 0 Å². The van der Waals surface area contributed by atoms with Crippen molar-refractivity contribution in [1.82, 2.24) is 10.2 Å². The van der Waals surface area contributed by atoms with Gasteiger partial charge in [-0.15, -0.1) is 0 Å². The molecule has 0 saturated carbocycles. The number of hydrogen-bond acceptors (Lipinski definition) is 2. The number of anilines is 1. The Morgan fingerprint density at radius 1 is 1.11 bits per heavy atom. The van der Waals surface area contributed by atoms with Crippen molar-refractivity contribution in [3.63, 3.8) is 0 Å². The number of nitrogens with one attached hydrogen (secondary N) is 1. The summed E-state index contributed by atoms with van der Waals surface area (Å²) < 4.78 is 27.2. The van der Waals surface area contributed by atoms with E-state index in [9.17, 15) is 13.6 Å². The Morgan fingerprint density at radius 3 is 2.37 bits per heavy atom. The summed E-state index contributed by atoms with van der Waals surface area (Å²) in [6.45, 7) is 1.80. The molecular weight excluding hydrogens is 368 g/mol. The van der Waals surface area contributed by atoms with Gasteiger partial charge in [0.05, 0.1) is 11.6 Å². The lowest BCUT2D eigenvalue weighted by Crippen LogP contribution is -2.49. The number of halogens is 2. The van der Waals surface area contributed by atoms with Crippen molar-refractivity contribution in [2.45, 2.75) is 13.0 Å². The molecule has 1 atom stereocenters. The first-order chi connectivity index (χ1) is 12.8. The zero-order chi connectivity index (χ0) is 19.7. The molecule has 0 spiro atoms. The van der Waals surface area contributed by atoms with Crippen molar-refractivity contribution in [2.24, 2.45) is 0 Å². The maximum Gasteiger partial charge on any atom is 0.253 e. The van der Waals surface area contributed by atoms with Crippen LogP contribution in [0.2, 0.25) is 0 Å². The Balaban J connectivity index is 2.17. The highest BCUT2D eigenvalue weighted by molar-refractivity contribution is 7.80. The molecule has 7 heteroatoms. The van der Waals surface area contributed by atoms with Crippen LogP contribution < -0.4 is 10.2 Å². The molecule has 2 aromatic rings. The lowest BCUT2D eigenvalue weighted by molar-refractivity contribution is -0.125. The van der Waals surface area contributed by atoms with E-state index >= 15 is 0 Å². The van der Waals surface area contributed by atoms with Gasteiger partial charge in [0, 0.05) is 25.5 Å². The highest BCUT2D eigenvalue weighted by Crippen LogP contribution is 2.34. The molecule has 4 nitrogen and oxygen atoms in total. The molecule has 0 radical (unpaired) electrons. The molecular formula is C20H19F2N3OS. The lowest BCUT2D eigenvalue weighted by atomic mass is 9.93. The van der Waals surface area contributed by atoms with E-state index in [0.717, 1.165) is 17.8 Å². The van der Waals surface area contributed by atoms with Gasteiger partial charge < -0.3 is 10.2 Å². The maximum atomic E-state index is 13.8. The van der Waals surface area contributed by atoms with Crippen molar-refractivity contribution in [3.05, 3.63) is 77.0 Å². The van der Waals surface area contributed by atoms with Crippen molar-refractivity contribution in [2.75, 3.05) is 19.0 Å². The van der Waals surface area contributed by atoms with E-state index in [2.05, 4.69) is 5.32 Å². The van der Waals surface area contributed by atoms with Crippen LogP contribution in [0, 0.1) is 11.6 Å². The quantitative estimate of drug-likeness (QED) is 0.814. The number of hydrogen-bond donors (Lipinski definition) is 1. The van der Waals surface area contributed by atoms with Gasteiger partial charge in [0.25, 0.3) is 5.91 Å². The molecule has 0 aromatic heterocycles. The summed E-state index contributed by atoms with van der Waals surface area (Å²) in [5, 5.41) is 3.49. The molecule has 27 heavy (non-hydrogen) atoms. The van der Waals surface area contributed by atoms with Gasteiger partial charge in [-0.2, -0.15) is 0 Å². The predicted octanol–water partition coefficient (Wildman–Crippen LogP) is 3.76. The lowest BCUT2D eigenvalue weighted by Gasteiger charge is -2.38. The summed E-state index contributed by atoms with van der Waals surface area (Å²) >= 11 is 5.52. The summed E-state index contributed by atoms with van der Waals surface area (Å²) in [5.41, 5.74) is 2.29. The van der Waals surface area contributed by atoms with Crippen LogP contribution in [0.25, 0.3) is 0 Å². The minimum Gasteiger partial charge on any atom is -0.351 e. The van der Waals surface area contributed by atoms with E-state index < -0.39 is 17.7 Å². The Bertz CT molecular complexity index is 928. The van der Waals surface area contributed by atoms with Gasteiger partial charge in [0.2, 0.25) is 0 Å². The number of para-hydroxylation sites is 1. The first kappa shape index (κ1) is 19.0. The van der Waals surface area contributed by atoms with Crippen LogP contribution in [0.4, 0.5) is 14.5 Å². The fourth-order valence-electron chi connectivity index (χ4n) is 3.09. The molecule has 1 aliphatic rings. The summed E-state index contributed by atoms with van der Waals surface area (Å²) in [7, 11) is 3.29. The zero-order valence-corrected chi connectivity index (χ0v) is 16.0. The highest BCUT2D eigenvalue weighted by atomic mass is 32.1. The van der Waals surface area contributed by atoms with E-state index in [1.165, 1.54) is 11.0 Å². The van der Waals surface area contributed by atoms with Gasteiger partial charge in [-0.1, -0.05) is 24.3 Å². The number of nitrogens with zero attached hydrogens (tertiary/aromatic N) is 2. The molecule has 1 aliphatic heterocycles. The SMILES string of the molecule is CC1=C(C(=O)N(C)C)[C@H](c2ccc(F)c(F)c2)NC(=S)N1c1ccccc1. The third-order valence-corrected chi connectivity index (χ3v) is 4.71. The minimum atomic E-state index is -0.972. The molecule has 0 unspecified atom stereocenters. The molecule has 0 fully saturated rings. The molecule has 1 N–H and O–H groups in total. The number of amides is 1. The third kappa shape index (κ3) is 3.55. The predicted molar refractivity (Wildman–Crippen MR) is 105 cm³/mol. The topological polar surface area (TPSA) is 35.6 Å². The number of carbonyl (C=O) groups is 1. The third-order valence-electron chi connectivity index (χ3n) is 4.41. The number of carbonyl (C=O) groups excluding carboxylic acids is 1. The second-order valence-corrected chi connectivity index (χ2v) is 6.81. The van der Waals surface area contributed by atoms with Crippen LogP contribution in [0.3, 0.4) is 0 Å². The van der Waals surface area contributed by atoms with E-state index in [4.69, 9.17) is 12.2 Å². The second-order valence-electron chi connectivity index (χ2n) is 6.43. The van der Waals surface area contributed by atoms with Gasteiger partial charge in [0.15, 0.2) is 16.7 Å². The molecule has 0 aliphatic carbocycles. The fourth-order valence-corrected chi connectivity index (χ4v) is 3.45. The van der Waals surface area contributed by atoms with E-state index in [1.807, 2.05) is 30.3 Å². The monoisotopic (exact) mass is 387 g/mol. The number of allylic oxidation sites excluding steroid dienone is 1. The van der Waals surface area contributed by atoms with Gasteiger partial charge in [-0.3, -0.25) is 9.69 Å². The second kappa shape index (κ2) is 7.44. The van der Waals surface area contributed by atoms with E-state index in [0.29, 0.717) is 21.9 Å². The van der Waals surface area contributed by atoms with Gasteiger partial charge >= 0.3 is 0 Å². The van der Waals surface area contributed by atoms with Crippen molar-refractivity contribution < 1.29 is 13.6 Å². The number of rotatable bonds is 3. The molecule has 1 heterocycles. The average Bonchev–Trinajstić information content (AvgIpc) is 2.64. The Kier molecular flexibility index (Phi) is 5.23. The number of benzene rings is 2. The van der Waals surface area contributed by atoms with E-state index in [-0.39, 0.29) is 5.91 Å². The molecule has 3 rings (SSSR count). The molecule has 0 bridgehead atoms. The summed E-state index contributed by atoms with van der Waals surface area (Å²) in [6, 6.07) is 12.3. The van der Waals surface area contributed by atoms with Crippen molar-refractivity contribution >= 4 is 28.9 Å². The molecule has 0 saturated heterocycles. The largest absolute Gasteiger partial charge is 0.351 e. The zero-order valence-electron chi connectivity index (χ0n) is 15.2. The first-order valence-electron chi connectivity index (χ1n) is 8.34. The number of thiocarbonyl (C=S) groups is 1. The van der Waals surface area contributed by atoms with Crippen LogP contribution in [-0.2, 0) is 4.79 Å². The summed E-state index contributed by atoms with van der Waals surface area (Å²) in [6.07, 6.45) is 0. The van der Waals surface area contributed by atoms with Gasteiger partial charge in [-0.05, 0) is 49.0 Å². The molecule has 2 aromatic carbocycles. The number of likely N-dealkylation sites (N-methyl/N-ethyl adjacent to an activating group) is 1. The minimum absolute atomic E-state index is 0.238. The maximum absolute atomic E-state index is 13.8. The summed E-state index contributed by atoms with van der Waals surface area (Å²) in [5.74, 6) is -2.15. The molecule has 140 valence electrons. The highest BCUT2D eigenvalue weighted by Gasteiger charge is 2.35. The summed E-state index contributed by atoms with van der Waals surface area (Å²) in [4.78, 5) is 16.1. The van der Waals surface area contributed by atoms with Gasteiger partial charge in [-0.25, -0.2) is 8.78 Å². The van der Waals surface area contributed by atoms with Gasteiger partial charge in [0.1, 0.15) is 0 Å². The van der Waals surface area contributed by atoms with E-state index in [1.54, 1.807) is 25.9 Å².